The maximum atomic E-state index is 14.1. The zero-order chi connectivity index (χ0) is 21.8. The molecule has 0 bridgehead atoms. The quantitative estimate of drug-likeness (QED) is 0.545. The van der Waals surface area contributed by atoms with Crippen LogP contribution in [0, 0.1) is 4.91 Å². The van der Waals surface area contributed by atoms with Crippen molar-refractivity contribution in [3.63, 3.8) is 0 Å². The van der Waals surface area contributed by atoms with Crippen LogP contribution in [0.4, 0.5) is 24.5 Å². The van der Waals surface area contributed by atoms with Crippen LogP contribution in [0.3, 0.4) is 0 Å². The minimum absolute atomic E-state index is 0.0267. The number of nitrogens with one attached hydrogen (secondary N) is 1. The lowest BCUT2D eigenvalue weighted by Crippen LogP contribution is -2.55. The van der Waals surface area contributed by atoms with Crippen LogP contribution >= 0.6 is 11.6 Å². The van der Waals surface area contributed by atoms with Crippen molar-refractivity contribution in [2.45, 2.75) is 37.1 Å². The predicted octanol–water partition coefficient (Wildman–Crippen LogP) is 5.44. The number of fused-ring (bicyclic) bond motifs is 2. The third-order valence-corrected chi connectivity index (χ3v) is 6.10. The first kappa shape index (κ1) is 20.7. The molecule has 0 unspecified atom stereocenters. The SMILES string of the molecule is C[C@@H]1C[C@](O)(C(F)(F)F)[C@@H](Nc2cccc3c2C=CC[N+]3=O)c2ccc(Cl)c(O)c21. The monoisotopic (exact) mass is 439 g/mol. The van der Waals surface area contributed by atoms with Crippen molar-refractivity contribution >= 4 is 29.1 Å². The van der Waals surface area contributed by atoms with E-state index in [1.165, 1.54) is 19.1 Å². The molecule has 0 saturated heterocycles. The maximum absolute atomic E-state index is 14.1. The van der Waals surface area contributed by atoms with Crippen LogP contribution in [-0.2, 0) is 0 Å². The van der Waals surface area contributed by atoms with Gasteiger partial charge < -0.3 is 15.5 Å². The van der Waals surface area contributed by atoms with Gasteiger partial charge in [-0.2, -0.15) is 13.2 Å². The number of rotatable bonds is 2. The highest BCUT2D eigenvalue weighted by atomic mass is 35.5. The van der Waals surface area contributed by atoms with Gasteiger partial charge in [0.2, 0.25) is 6.54 Å². The van der Waals surface area contributed by atoms with E-state index in [1.807, 2.05) is 0 Å². The average Bonchev–Trinajstić information content (AvgIpc) is 2.67. The van der Waals surface area contributed by atoms with E-state index < -0.39 is 30.2 Å². The number of nitroso groups, excluding NO2 is 1. The standard InChI is InChI=1S/C21H18ClF3N2O3/c1-11-10-20(29,21(23,24)25)19(13-7-8-14(22)18(28)17(11)13)26-15-5-2-6-16-12(15)4-3-9-27(16)30/h2-8,11,19,26,29H,9-10H2,1H3/p+1/t11-,19+,20-/m1/s1. The molecule has 2 aliphatic rings. The van der Waals surface area contributed by atoms with Gasteiger partial charge in [0.05, 0.1) is 16.6 Å². The molecule has 3 N–H and O–H groups in total. The van der Waals surface area contributed by atoms with Crippen LogP contribution in [0.1, 0.15) is 42.0 Å². The van der Waals surface area contributed by atoms with Gasteiger partial charge in [-0.1, -0.05) is 30.7 Å². The van der Waals surface area contributed by atoms with E-state index in [2.05, 4.69) is 5.32 Å². The molecular formula is C21H19ClF3N2O3+. The van der Waals surface area contributed by atoms with Gasteiger partial charge in [0.1, 0.15) is 5.75 Å². The molecule has 4 rings (SSSR count). The lowest BCUT2D eigenvalue weighted by molar-refractivity contribution is -0.452. The molecule has 0 spiro atoms. The smallest absolute Gasteiger partial charge is 0.419 e. The van der Waals surface area contributed by atoms with Crippen molar-refractivity contribution in [1.82, 2.24) is 0 Å². The van der Waals surface area contributed by atoms with Crippen molar-refractivity contribution in [3.05, 3.63) is 63.0 Å². The Morgan fingerprint density at radius 3 is 2.70 bits per heavy atom. The van der Waals surface area contributed by atoms with E-state index in [4.69, 9.17) is 11.6 Å². The van der Waals surface area contributed by atoms with Gasteiger partial charge in [-0.3, -0.25) is 0 Å². The van der Waals surface area contributed by atoms with Crippen LogP contribution in [0.2, 0.25) is 5.02 Å². The maximum Gasteiger partial charge on any atom is 0.419 e. The summed E-state index contributed by atoms with van der Waals surface area (Å²) < 4.78 is 43.0. The number of hydrogen-bond donors (Lipinski definition) is 3. The predicted molar refractivity (Wildman–Crippen MR) is 107 cm³/mol. The lowest BCUT2D eigenvalue weighted by Gasteiger charge is -2.45. The molecule has 0 aromatic heterocycles. The number of benzene rings is 2. The van der Waals surface area contributed by atoms with Crippen molar-refractivity contribution < 1.29 is 28.1 Å². The molecule has 30 heavy (non-hydrogen) atoms. The minimum Gasteiger partial charge on any atom is -0.506 e. The van der Waals surface area contributed by atoms with Gasteiger partial charge in [-0.15, -0.1) is 0 Å². The summed E-state index contributed by atoms with van der Waals surface area (Å²) in [6.07, 6.45) is -2.34. The number of nitrogens with zero attached hydrogens (tertiary/aromatic N) is 1. The Labute approximate surface area is 175 Å². The Hall–Kier alpha value is -2.58. The minimum atomic E-state index is -4.94. The van der Waals surface area contributed by atoms with E-state index in [0.29, 0.717) is 11.3 Å². The van der Waals surface area contributed by atoms with Gasteiger partial charge in [-0.05, 0) is 42.2 Å². The molecule has 3 atom stereocenters. The molecule has 2 aromatic rings. The molecule has 9 heteroatoms. The molecular weight excluding hydrogens is 421 g/mol. The van der Waals surface area contributed by atoms with Crippen LogP contribution in [0.5, 0.6) is 5.75 Å². The number of halogens is 4. The second kappa shape index (κ2) is 6.99. The topological polar surface area (TPSA) is 72.6 Å². The van der Waals surface area contributed by atoms with Crippen molar-refractivity contribution in [3.8, 4) is 5.75 Å². The Bertz CT molecular complexity index is 1070. The Kier molecular flexibility index (Phi) is 4.82. The second-order valence-corrected chi connectivity index (χ2v) is 8.11. The highest BCUT2D eigenvalue weighted by molar-refractivity contribution is 6.32. The number of phenolic OH excluding ortho intramolecular Hbond substituents is 1. The zero-order valence-electron chi connectivity index (χ0n) is 15.9. The molecule has 5 nitrogen and oxygen atoms in total. The average molecular weight is 440 g/mol. The molecule has 1 heterocycles. The summed E-state index contributed by atoms with van der Waals surface area (Å²) in [5, 5.41) is 24.1. The highest BCUT2D eigenvalue weighted by Gasteiger charge is 2.62. The van der Waals surface area contributed by atoms with Gasteiger partial charge in [0.25, 0.3) is 5.69 Å². The Morgan fingerprint density at radius 1 is 1.27 bits per heavy atom. The molecule has 158 valence electrons. The largest absolute Gasteiger partial charge is 0.506 e. The molecule has 0 fully saturated rings. The van der Waals surface area contributed by atoms with E-state index >= 15 is 0 Å². The third kappa shape index (κ3) is 3.06. The fraction of sp³-hybridized carbons (Fsp3) is 0.333. The summed E-state index contributed by atoms with van der Waals surface area (Å²) in [6.45, 7) is 1.64. The van der Waals surface area contributed by atoms with Crippen molar-refractivity contribution in [1.29, 1.82) is 0 Å². The first-order valence-electron chi connectivity index (χ1n) is 9.35. The summed E-state index contributed by atoms with van der Waals surface area (Å²) in [4.78, 5) is 12.1. The second-order valence-electron chi connectivity index (χ2n) is 7.71. The molecule has 1 aliphatic heterocycles. The summed E-state index contributed by atoms with van der Waals surface area (Å²) in [5.74, 6) is -1.08. The molecule has 0 saturated carbocycles. The number of hydrogen-bond acceptors (Lipinski definition) is 4. The lowest BCUT2D eigenvalue weighted by atomic mass is 9.70. The Balaban J connectivity index is 1.90. The fourth-order valence-electron chi connectivity index (χ4n) is 4.38. The number of alkyl halides is 3. The van der Waals surface area contributed by atoms with Crippen LogP contribution in [0.15, 0.2) is 36.4 Å². The van der Waals surface area contributed by atoms with Crippen molar-refractivity contribution in [2.24, 2.45) is 0 Å². The first-order valence-corrected chi connectivity index (χ1v) is 9.73. The highest BCUT2D eigenvalue weighted by Crippen LogP contribution is 2.55. The summed E-state index contributed by atoms with van der Waals surface area (Å²) in [7, 11) is 0. The normalized spacial score (nSPS) is 25.6. The van der Waals surface area contributed by atoms with Crippen LogP contribution < -0.4 is 5.32 Å². The van der Waals surface area contributed by atoms with Crippen LogP contribution in [0.25, 0.3) is 6.08 Å². The summed E-state index contributed by atoms with van der Waals surface area (Å²) in [5.41, 5.74) is -1.71. The summed E-state index contributed by atoms with van der Waals surface area (Å²) in [6, 6.07) is 5.76. The van der Waals surface area contributed by atoms with E-state index in [0.717, 1.165) is 4.76 Å². The van der Waals surface area contributed by atoms with Gasteiger partial charge >= 0.3 is 6.18 Å². The van der Waals surface area contributed by atoms with E-state index in [-0.39, 0.29) is 34.1 Å². The number of anilines is 1. The first-order chi connectivity index (χ1) is 14.0. The fourth-order valence-corrected chi connectivity index (χ4v) is 4.54. The zero-order valence-corrected chi connectivity index (χ0v) is 16.6. The summed E-state index contributed by atoms with van der Waals surface area (Å²) >= 11 is 5.99. The van der Waals surface area contributed by atoms with E-state index in [1.54, 1.807) is 30.4 Å². The molecule has 1 aliphatic carbocycles. The van der Waals surface area contributed by atoms with Crippen LogP contribution in [-0.4, -0.2) is 33.3 Å². The Morgan fingerprint density at radius 2 is 2.00 bits per heavy atom. The van der Waals surface area contributed by atoms with Gasteiger partial charge in [0, 0.05) is 27.0 Å². The van der Waals surface area contributed by atoms with Gasteiger partial charge in [-0.25, -0.2) is 0 Å². The third-order valence-electron chi connectivity index (χ3n) is 5.80. The molecule has 0 radical (unpaired) electrons. The van der Waals surface area contributed by atoms with E-state index in [9.17, 15) is 28.3 Å². The number of aliphatic hydroxyl groups is 1. The van der Waals surface area contributed by atoms with Gasteiger partial charge in [0.15, 0.2) is 5.60 Å². The molecule has 0 amide bonds. The van der Waals surface area contributed by atoms with Crippen molar-refractivity contribution in [2.75, 3.05) is 11.9 Å². The number of aromatic hydroxyl groups is 1. The molecule has 2 aromatic carbocycles. The number of phenols is 1.